The van der Waals surface area contributed by atoms with Gasteiger partial charge in [0.15, 0.2) is 0 Å². The van der Waals surface area contributed by atoms with Gasteiger partial charge >= 0.3 is 0 Å². The lowest BCUT2D eigenvalue weighted by Crippen LogP contribution is -2.41. The van der Waals surface area contributed by atoms with Crippen LogP contribution in [0.15, 0.2) is 0 Å². The van der Waals surface area contributed by atoms with Crippen LogP contribution >= 0.6 is 0 Å². The molecule has 0 saturated carbocycles. The Bertz CT molecular complexity index is 350. The second kappa shape index (κ2) is 4.79. The van der Waals surface area contributed by atoms with Crippen LogP contribution in [0.4, 0.5) is 0 Å². The van der Waals surface area contributed by atoms with E-state index in [1.165, 1.54) is 0 Å². The molecule has 0 aromatic rings. The SMILES string of the molecule is C#CCNC(=O)CN1C(=O)C(C)C(C)C1=O. The largest absolute Gasteiger partial charge is 0.344 e. The summed E-state index contributed by atoms with van der Waals surface area (Å²) >= 11 is 0. The highest BCUT2D eigenvalue weighted by Gasteiger charge is 2.42. The van der Waals surface area contributed by atoms with Gasteiger partial charge in [-0.25, -0.2) is 0 Å². The van der Waals surface area contributed by atoms with Crippen molar-refractivity contribution in [3.05, 3.63) is 0 Å². The molecule has 2 unspecified atom stereocenters. The van der Waals surface area contributed by atoms with Crippen LogP contribution in [0.2, 0.25) is 0 Å². The van der Waals surface area contributed by atoms with E-state index in [9.17, 15) is 14.4 Å². The third-order valence-corrected chi connectivity index (χ3v) is 2.75. The summed E-state index contributed by atoms with van der Waals surface area (Å²) in [7, 11) is 0. The van der Waals surface area contributed by atoms with E-state index >= 15 is 0 Å². The van der Waals surface area contributed by atoms with Gasteiger partial charge < -0.3 is 5.32 Å². The maximum atomic E-state index is 11.6. The second-order valence-electron chi connectivity index (χ2n) is 3.82. The van der Waals surface area contributed by atoms with Crippen LogP contribution in [0.3, 0.4) is 0 Å². The van der Waals surface area contributed by atoms with Crippen LogP contribution in [0.5, 0.6) is 0 Å². The van der Waals surface area contributed by atoms with Gasteiger partial charge in [0.25, 0.3) is 0 Å². The Morgan fingerprint density at radius 1 is 1.38 bits per heavy atom. The topological polar surface area (TPSA) is 66.5 Å². The van der Waals surface area contributed by atoms with Crippen LogP contribution in [-0.4, -0.2) is 35.7 Å². The summed E-state index contributed by atoms with van der Waals surface area (Å²) in [5.74, 6) is 0.524. The van der Waals surface area contributed by atoms with E-state index in [0.29, 0.717) is 0 Å². The van der Waals surface area contributed by atoms with Crippen molar-refractivity contribution < 1.29 is 14.4 Å². The van der Waals surface area contributed by atoms with Gasteiger partial charge in [-0.1, -0.05) is 19.8 Å². The molecule has 1 heterocycles. The molecule has 0 spiro atoms. The molecule has 1 aliphatic rings. The van der Waals surface area contributed by atoms with E-state index in [1.54, 1.807) is 13.8 Å². The first-order valence-electron chi connectivity index (χ1n) is 5.04. The minimum atomic E-state index is -0.416. The molecular weight excluding hydrogens is 208 g/mol. The molecule has 0 aromatic heterocycles. The number of carbonyl (C=O) groups is 3. The molecule has 5 heteroatoms. The molecule has 1 N–H and O–H groups in total. The van der Waals surface area contributed by atoms with E-state index in [1.807, 2.05) is 0 Å². The quantitative estimate of drug-likeness (QED) is 0.511. The molecule has 2 atom stereocenters. The molecule has 1 rings (SSSR count). The van der Waals surface area contributed by atoms with Crippen LogP contribution in [-0.2, 0) is 14.4 Å². The molecule has 86 valence electrons. The Kier molecular flexibility index (Phi) is 3.67. The Morgan fingerprint density at radius 3 is 2.31 bits per heavy atom. The van der Waals surface area contributed by atoms with Crippen LogP contribution in [0.25, 0.3) is 0 Å². The zero-order valence-electron chi connectivity index (χ0n) is 9.32. The van der Waals surface area contributed by atoms with Crippen LogP contribution < -0.4 is 5.32 Å². The first-order valence-corrected chi connectivity index (χ1v) is 5.04. The van der Waals surface area contributed by atoms with Gasteiger partial charge in [0.05, 0.1) is 6.54 Å². The second-order valence-corrected chi connectivity index (χ2v) is 3.82. The van der Waals surface area contributed by atoms with E-state index in [2.05, 4.69) is 11.2 Å². The monoisotopic (exact) mass is 222 g/mol. The third-order valence-electron chi connectivity index (χ3n) is 2.75. The molecule has 0 radical (unpaired) electrons. The number of nitrogens with zero attached hydrogens (tertiary/aromatic N) is 1. The molecule has 0 bridgehead atoms. The number of hydrogen-bond acceptors (Lipinski definition) is 3. The molecule has 1 fully saturated rings. The number of likely N-dealkylation sites (tertiary alicyclic amines) is 1. The minimum absolute atomic E-state index is 0.0974. The summed E-state index contributed by atoms with van der Waals surface area (Å²) in [6.45, 7) is 3.22. The molecule has 5 nitrogen and oxygen atoms in total. The van der Waals surface area contributed by atoms with Gasteiger partial charge in [-0.15, -0.1) is 6.42 Å². The first-order chi connectivity index (χ1) is 7.49. The molecule has 3 amide bonds. The maximum Gasteiger partial charge on any atom is 0.240 e. The van der Waals surface area contributed by atoms with E-state index in [-0.39, 0.29) is 36.7 Å². The highest BCUT2D eigenvalue weighted by Crippen LogP contribution is 2.24. The molecule has 1 aliphatic heterocycles. The number of rotatable bonds is 3. The Balaban J connectivity index is 2.62. The average molecular weight is 222 g/mol. The van der Waals surface area contributed by atoms with Gasteiger partial charge in [-0.2, -0.15) is 0 Å². The van der Waals surface area contributed by atoms with Crippen LogP contribution in [0.1, 0.15) is 13.8 Å². The summed E-state index contributed by atoms with van der Waals surface area (Å²) in [5, 5.41) is 2.41. The fourth-order valence-electron chi connectivity index (χ4n) is 1.53. The Morgan fingerprint density at radius 2 is 1.88 bits per heavy atom. The molecule has 0 aromatic carbocycles. The first kappa shape index (κ1) is 12.2. The Labute approximate surface area is 94.2 Å². The molecular formula is C11H14N2O3. The zero-order chi connectivity index (χ0) is 12.3. The maximum absolute atomic E-state index is 11.6. The Hall–Kier alpha value is -1.83. The molecule has 16 heavy (non-hydrogen) atoms. The predicted octanol–water partition coefficient (Wildman–Crippen LogP) is -0.623. The van der Waals surface area contributed by atoms with E-state index in [4.69, 9.17) is 6.42 Å². The number of terminal acetylenes is 1. The van der Waals surface area contributed by atoms with Crippen molar-refractivity contribution in [2.75, 3.05) is 13.1 Å². The standard InChI is InChI=1S/C11H14N2O3/c1-4-5-12-9(14)6-13-10(15)7(2)8(3)11(13)16/h1,7-8H,5-6H2,2-3H3,(H,12,14). The van der Waals surface area contributed by atoms with Crippen molar-refractivity contribution in [2.45, 2.75) is 13.8 Å². The predicted molar refractivity (Wildman–Crippen MR) is 56.9 cm³/mol. The number of imide groups is 1. The number of amides is 3. The fourth-order valence-corrected chi connectivity index (χ4v) is 1.53. The average Bonchev–Trinajstić information content (AvgIpc) is 2.44. The molecule has 0 aliphatic carbocycles. The van der Waals surface area contributed by atoms with Crippen molar-refractivity contribution in [3.63, 3.8) is 0 Å². The minimum Gasteiger partial charge on any atom is -0.344 e. The highest BCUT2D eigenvalue weighted by molar-refractivity contribution is 6.06. The lowest BCUT2D eigenvalue weighted by molar-refractivity contribution is -0.143. The normalized spacial score (nSPS) is 24.4. The van der Waals surface area contributed by atoms with Gasteiger partial charge in [-0.05, 0) is 0 Å². The summed E-state index contributed by atoms with van der Waals surface area (Å²) in [6, 6.07) is 0. The molecule has 1 saturated heterocycles. The van der Waals surface area contributed by atoms with Crippen LogP contribution in [0, 0.1) is 24.2 Å². The highest BCUT2D eigenvalue weighted by atomic mass is 16.2. The van der Waals surface area contributed by atoms with Gasteiger partial charge in [-0.3, -0.25) is 19.3 Å². The van der Waals surface area contributed by atoms with Crippen molar-refractivity contribution in [1.82, 2.24) is 10.2 Å². The fraction of sp³-hybridized carbons (Fsp3) is 0.545. The number of carbonyl (C=O) groups excluding carboxylic acids is 3. The van der Waals surface area contributed by atoms with Gasteiger partial charge in [0.2, 0.25) is 17.7 Å². The zero-order valence-corrected chi connectivity index (χ0v) is 9.32. The van der Waals surface area contributed by atoms with Gasteiger partial charge in [0, 0.05) is 11.8 Å². The third kappa shape index (κ3) is 2.22. The summed E-state index contributed by atoms with van der Waals surface area (Å²) in [6.07, 6.45) is 4.97. The number of hydrogen-bond donors (Lipinski definition) is 1. The lowest BCUT2D eigenvalue weighted by Gasteiger charge is -2.13. The number of nitrogens with one attached hydrogen (secondary N) is 1. The van der Waals surface area contributed by atoms with E-state index < -0.39 is 5.91 Å². The summed E-state index contributed by atoms with van der Waals surface area (Å²) in [5.41, 5.74) is 0. The van der Waals surface area contributed by atoms with Gasteiger partial charge in [0.1, 0.15) is 6.54 Å². The van der Waals surface area contributed by atoms with Crippen molar-refractivity contribution in [1.29, 1.82) is 0 Å². The lowest BCUT2D eigenvalue weighted by atomic mass is 10.00. The summed E-state index contributed by atoms with van der Waals surface area (Å²) in [4.78, 5) is 35.5. The smallest absolute Gasteiger partial charge is 0.240 e. The van der Waals surface area contributed by atoms with Crippen molar-refractivity contribution in [3.8, 4) is 12.3 Å². The summed E-state index contributed by atoms with van der Waals surface area (Å²) < 4.78 is 0. The van der Waals surface area contributed by atoms with Crippen molar-refractivity contribution in [2.24, 2.45) is 11.8 Å². The van der Waals surface area contributed by atoms with Crippen molar-refractivity contribution >= 4 is 17.7 Å². The van der Waals surface area contributed by atoms with E-state index in [0.717, 1.165) is 4.90 Å².